The van der Waals surface area contributed by atoms with Crippen molar-refractivity contribution in [1.29, 1.82) is 0 Å². The number of nitrogens with two attached hydrogens (primary N) is 2. The molecule has 27 heavy (non-hydrogen) atoms. The highest BCUT2D eigenvalue weighted by Crippen LogP contribution is 2.27. The summed E-state index contributed by atoms with van der Waals surface area (Å²) in [6, 6.07) is 6.79. The molecule has 0 atom stereocenters. The van der Waals surface area contributed by atoms with E-state index in [1.165, 1.54) is 31.2 Å². The Morgan fingerprint density at radius 3 is 2.37 bits per heavy atom. The predicted molar refractivity (Wildman–Crippen MR) is 120 cm³/mol. The third-order valence-corrected chi connectivity index (χ3v) is 5.50. The summed E-state index contributed by atoms with van der Waals surface area (Å²) in [5.41, 5.74) is 14.6. The standard InChI is InChI=1S/C14H17ClN2.C7H15N.C2H6/c1-2-10-5-6-13-12(8-10)14(15)11(9-17-13)4-3-7-16;1-6-2-4-7(8)5-3-6;1-2/h5-6,8-9H,2-4,7,16H2,1H3;6-7H,2-5,8H2,1H3;1-2H3. The maximum atomic E-state index is 6.43. The van der Waals surface area contributed by atoms with Gasteiger partial charge in [-0.15, -0.1) is 0 Å². The molecule has 3 rings (SSSR count). The van der Waals surface area contributed by atoms with Gasteiger partial charge in [-0.25, -0.2) is 0 Å². The zero-order valence-corrected chi connectivity index (χ0v) is 18.4. The van der Waals surface area contributed by atoms with Crippen LogP contribution in [0.5, 0.6) is 0 Å². The van der Waals surface area contributed by atoms with E-state index in [4.69, 9.17) is 23.1 Å². The van der Waals surface area contributed by atoms with Crippen LogP contribution in [0.15, 0.2) is 24.4 Å². The molecule has 152 valence electrons. The van der Waals surface area contributed by atoms with Crippen LogP contribution in [0, 0.1) is 5.92 Å². The molecule has 3 nitrogen and oxygen atoms in total. The molecule has 0 aliphatic heterocycles. The van der Waals surface area contributed by atoms with E-state index in [1.54, 1.807) is 0 Å². The molecule has 0 spiro atoms. The van der Waals surface area contributed by atoms with Gasteiger partial charge in [0.1, 0.15) is 0 Å². The van der Waals surface area contributed by atoms with Crippen LogP contribution in [0.1, 0.15) is 70.9 Å². The number of hydrogen-bond acceptors (Lipinski definition) is 3. The molecule has 0 bridgehead atoms. The minimum Gasteiger partial charge on any atom is -0.330 e. The summed E-state index contributed by atoms with van der Waals surface area (Å²) in [5.74, 6) is 0.940. The Morgan fingerprint density at radius 1 is 1.15 bits per heavy atom. The number of nitrogens with zero attached hydrogens (tertiary/aromatic N) is 1. The second-order valence-corrected chi connectivity index (χ2v) is 7.59. The van der Waals surface area contributed by atoms with Crippen molar-refractivity contribution in [3.8, 4) is 0 Å². The number of hydrogen-bond donors (Lipinski definition) is 2. The van der Waals surface area contributed by atoms with E-state index in [0.717, 1.165) is 46.7 Å². The van der Waals surface area contributed by atoms with E-state index in [1.807, 2.05) is 26.1 Å². The van der Waals surface area contributed by atoms with E-state index < -0.39 is 0 Å². The molecule has 1 aromatic heterocycles. The van der Waals surface area contributed by atoms with Crippen LogP contribution in [0.3, 0.4) is 0 Å². The lowest BCUT2D eigenvalue weighted by molar-refractivity contribution is 0.348. The first kappa shape index (κ1) is 23.9. The predicted octanol–water partition coefficient (Wildman–Crippen LogP) is 5.89. The Balaban J connectivity index is 0.000000305. The van der Waals surface area contributed by atoms with Gasteiger partial charge in [-0.2, -0.15) is 0 Å². The molecule has 1 aliphatic carbocycles. The Morgan fingerprint density at radius 2 is 1.81 bits per heavy atom. The van der Waals surface area contributed by atoms with Gasteiger partial charge in [-0.1, -0.05) is 45.4 Å². The summed E-state index contributed by atoms with van der Waals surface area (Å²) in [4.78, 5) is 4.45. The summed E-state index contributed by atoms with van der Waals surface area (Å²) in [7, 11) is 0. The average molecular weight is 392 g/mol. The number of rotatable bonds is 4. The first-order valence-corrected chi connectivity index (χ1v) is 10.9. The smallest absolute Gasteiger partial charge is 0.0717 e. The van der Waals surface area contributed by atoms with Crippen LogP contribution in [0.2, 0.25) is 5.02 Å². The third-order valence-electron chi connectivity index (χ3n) is 5.06. The van der Waals surface area contributed by atoms with E-state index in [9.17, 15) is 0 Å². The average Bonchev–Trinajstić information content (AvgIpc) is 2.71. The van der Waals surface area contributed by atoms with Crippen molar-refractivity contribution in [2.75, 3.05) is 6.54 Å². The Labute approximate surface area is 170 Å². The van der Waals surface area contributed by atoms with E-state index in [0.29, 0.717) is 12.6 Å². The maximum absolute atomic E-state index is 6.43. The van der Waals surface area contributed by atoms with Crippen LogP contribution in [-0.2, 0) is 12.8 Å². The van der Waals surface area contributed by atoms with Gasteiger partial charge in [0.05, 0.1) is 10.5 Å². The van der Waals surface area contributed by atoms with Crippen molar-refractivity contribution in [3.63, 3.8) is 0 Å². The highest BCUT2D eigenvalue weighted by Gasteiger charge is 2.13. The van der Waals surface area contributed by atoms with Crippen LogP contribution in [-0.4, -0.2) is 17.6 Å². The van der Waals surface area contributed by atoms with Gasteiger partial charge in [0.15, 0.2) is 0 Å². The van der Waals surface area contributed by atoms with Crippen molar-refractivity contribution in [1.82, 2.24) is 4.98 Å². The molecule has 0 radical (unpaired) electrons. The summed E-state index contributed by atoms with van der Waals surface area (Å²) in [6.45, 7) is 9.13. The highest BCUT2D eigenvalue weighted by molar-refractivity contribution is 6.36. The quantitative estimate of drug-likeness (QED) is 0.682. The minimum absolute atomic E-state index is 0.520. The number of aryl methyl sites for hydroxylation is 2. The van der Waals surface area contributed by atoms with Gasteiger partial charge in [0.2, 0.25) is 0 Å². The first-order chi connectivity index (χ1) is 13.0. The largest absolute Gasteiger partial charge is 0.330 e. The Hall–Kier alpha value is -1.16. The number of pyridine rings is 1. The lowest BCUT2D eigenvalue weighted by atomic mass is 9.88. The van der Waals surface area contributed by atoms with Gasteiger partial charge in [-0.05, 0) is 80.7 Å². The fourth-order valence-electron chi connectivity index (χ4n) is 3.22. The Bertz CT molecular complexity index is 654. The molecule has 1 aromatic carbocycles. The zero-order chi connectivity index (χ0) is 20.2. The van der Waals surface area contributed by atoms with Crippen LogP contribution < -0.4 is 11.5 Å². The van der Waals surface area contributed by atoms with Crippen molar-refractivity contribution < 1.29 is 0 Å². The van der Waals surface area contributed by atoms with E-state index >= 15 is 0 Å². The molecule has 4 heteroatoms. The van der Waals surface area contributed by atoms with Crippen molar-refractivity contribution in [3.05, 3.63) is 40.5 Å². The van der Waals surface area contributed by atoms with Crippen LogP contribution >= 0.6 is 11.6 Å². The van der Waals surface area contributed by atoms with Crippen molar-refractivity contribution in [2.24, 2.45) is 17.4 Å². The van der Waals surface area contributed by atoms with E-state index in [2.05, 4.69) is 31.0 Å². The van der Waals surface area contributed by atoms with Crippen LogP contribution in [0.4, 0.5) is 0 Å². The maximum Gasteiger partial charge on any atom is 0.0717 e. The first-order valence-electron chi connectivity index (χ1n) is 10.6. The summed E-state index contributed by atoms with van der Waals surface area (Å²) >= 11 is 6.43. The summed E-state index contributed by atoms with van der Waals surface area (Å²) in [6.07, 6.45) is 9.92. The molecule has 1 aliphatic rings. The monoisotopic (exact) mass is 391 g/mol. The highest BCUT2D eigenvalue weighted by atomic mass is 35.5. The van der Waals surface area contributed by atoms with Crippen molar-refractivity contribution in [2.45, 2.75) is 78.7 Å². The van der Waals surface area contributed by atoms with Gasteiger partial charge in [0, 0.05) is 17.6 Å². The zero-order valence-electron chi connectivity index (χ0n) is 17.6. The molecular weight excluding hydrogens is 354 g/mol. The second-order valence-electron chi connectivity index (χ2n) is 7.21. The fourth-order valence-corrected chi connectivity index (χ4v) is 3.52. The van der Waals surface area contributed by atoms with Gasteiger partial charge >= 0.3 is 0 Å². The topological polar surface area (TPSA) is 64.9 Å². The molecule has 0 unspecified atom stereocenters. The van der Waals surface area contributed by atoms with E-state index in [-0.39, 0.29) is 0 Å². The number of benzene rings is 1. The molecule has 1 heterocycles. The van der Waals surface area contributed by atoms with Gasteiger partial charge in [0.25, 0.3) is 0 Å². The lowest BCUT2D eigenvalue weighted by Crippen LogP contribution is -2.25. The van der Waals surface area contributed by atoms with Crippen molar-refractivity contribution >= 4 is 22.5 Å². The van der Waals surface area contributed by atoms with Gasteiger partial charge in [-0.3, -0.25) is 4.98 Å². The normalized spacial score (nSPS) is 18.9. The third kappa shape index (κ3) is 7.77. The summed E-state index contributed by atoms with van der Waals surface area (Å²) < 4.78 is 0. The van der Waals surface area contributed by atoms with Gasteiger partial charge < -0.3 is 11.5 Å². The lowest BCUT2D eigenvalue weighted by Gasteiger charge is -2.22. The molecular formula is C23H38ClN3. The molecule has 2 aromatic rings. The minimum atomic E-state index is 0.520. The molecule has 4 N–H and O–H groups in total. The Kier molecular flexibility index (Phi) is 11.6. The molecule has 1 fully saturated rings. The second kappa shape index (κ2) is 13.1. The number of halogens is 1. The summed E-state index contributed by atoms with van der Waals surface area (Å²) in [5, 5.41) is 1.89. The SMILES string of the molecule is CC.CC1CCC(N)CC1.CCc1ccc2ncc(CCCN)c(Cl)c2c1. The molecule has 0 saturated heterocycles. The number of fused-ring (bicyclic) bond motifs is 1. The molecule has 1 saturated carbocycles. The fraction of sp³-hybridized carbons (Fsp3) is 0.609. The number of aromatic nitrogens is 1. The van der Waals surface area contributed by atoms with Crippen LogP contribution in [0.25, 0.3) is 10.9 Å². The molecule has 0 amide bonds.